The molecule has 2 amide bonds. The molecule has 0 aromatic heterocycles. The number of ether oxygens (including phenoxy) is 2. The molecule has 1 aromatic carbocycles. The quantitative estimate of drug-likeness (QED) is 0.767. The van der Waals surface area contributed by atoms with Crippen molar-refractivity contribution in [3.05, 3.63) is 30.1 Å². The zero-order valence-corrected chi connectivity index (χ0v) is 13.1. The van der Waals surface area contributed by atoms with Crippen molar-refractivity contribution in [2.75, 3.05) is 19.8 Å². The van der Waals surface area contributed by atoms with E-state index in [0.29, 0.717) is 18.7 Å². The Labute approximate surface area is 138 Å². The van der Waals surface area contributed by atoms with Gasteiger partial charge in [0.05, 0.1) is 0 Å². The topological polar surface area (TPSA) is 98.9 Å². The van der Waals surface area contributed by atoms with Crippen molar-refractivity contribution in [1.29, 1.82) is 0 Å². The summed E-state index contributed by atoms with van der Waals surface area (Å²) in [7, 11) is 0. The molecule has 1 saturated heterocycles. The predicted octanol–water partition coefficient (Wildman–Crippen LogP) is 0.614. The van der Waals surface area contributed by atoms with Gasteiger partial charge in [-0.05, 0) is 43.5 Å². The van der Waals surface area contributed by atoms with Gasteiger partial charge >= 0.3 is 5.97 Å². The normalized spacial score (nSPS) is 17.2. The molecule has 1 fully saturated rings. The average molecular weight is 338 g/mol. The molecular weight excluding hydrogens is 319 g/mol. The number of rotatable bonds is 6. The van der Waals surface area contributed by atoms with Crippen molar-refractivity contribution in [3.63, 3.8) is 0 Å². The van der Waals surface area contributed by atoms with Crippen LogP contribution in [0.1, 0.15) is 19.3 Å². The molecule has 1 aliphatic heterocycles. The molecule has 1 aliphatic rings. The summed E-state index contributed by atoms with van der Waals surface area (Å²) in [6.07, 6.45) is 2.11. The molecule has 2 N–H and O–H groups in total. The van der Waals surface area contributed by atoms with Gasteiger partial charge < -0.3 is 20.1 Å². The lowest BCUT2D eigenvalue weighted by Gasteiger charge is -2.33. The standard InChI is InChI=1S/C16H19FN2O5/c17-11-4-6-12(7-5-11)23-10-15(21)24-9-14(20)19-8-2-1-3-13(19)16(18)22/h4-7,13H,1-3,8-10H2,(H2,18,22)/t13-/m1/s1. The Hall–Kier alpha value is -2.64. The number of nitrogens with two attached hydrogens (primary N) is 1. The van der Waals surface area contributed by atoms with Gasteiger partial charge in [0.2, 0.25) is 5.91 Å². The fraction of sp³-hybridized carbons (Fsp3) is 0.438. The number of piperidine rings is 1. The van der Waals surface area contributed by atoms with Gasteiger partial charge in [0.25, 0.3) is 5.91 Å². The summed E-state index contributed by atoms with van der Waals surface area (Å²) < 4.78 is 22.7. The first-order chi connectivity index (χ1) is 11.5. The zero-order chi connectivity index (χ0) is 17.5. The van der Waals surface area contributed by atoms with E-state index in [1.54, 1.807) is 0 Å². The smallest absolute Gasteiger partial charge is 0.344 e. The Balaban J connectivity index is 1.77. The molecule has 24 heavy (non-hydrogen) atoms. The lowest BCUT2D eigenvalue weighted by Crippen LogP contribution is -2.51. The van der Waals surface area contributed by atoms with E-state index in [1.165, 1.54) is 29.2 Å². The van der Waals surface area contributed by atoms with Gasteiger partial charge in [0.15, 0.2) is 13.2 Å². The van der Waals surface area contributed by atoms with Crippen molar-refractivity contribution in [2.45, 2.75) is 25.3 Å². The van der Waals surface area contributed by atoms with Gasteiger partial charge in [0, 0.05) is 6.54 Å². The first kappa shape index (κ1) is 17.7. The summed E-state index contributed by atoms with van der Waals surface area (Å²) in [6, 6.07) is 4.49. The van der Waals surface area contributed by atoms with Gasteiger partial charge in [0.1, 0.15) is 17.6 Å². The summed E-state index contributed by atoms with van der Waals surface area (Å²) in [5, 5.41) is 0. The minimum absolute atomic E-state index is 0.310. The summed E-state index contributed by atoms with van der Waals surface area (Å²) in [6.45, 7) is -0.469. The fourth-order valence-electron chi connectivity index (χ4n) is 2.47. The van der Waals surface area contributed by atoms with E-state index in [1.807, 2.05) is 0 Å². The van der Waals surface area contributed by atoms with Crippen molar-refractivity contribution >= 4 is 17.8 Å². The lowest BCUT2D eigenvalue weighted by atomic mass is 10.0. The number of carbonyl (C=O) groups excluding carboxylic acids is 3. The van der Waals surface area contributed by atoms with Crippen LogP contribution in [0.3, 0.4) is 0 Å². The zero-order valence-electron chi connectivity index (χ0n) is 13.1. The molecule has 1 heterocycles. The third-order valence-corrected chi connectivity index (χ3v) is 3.68. The molecule has 0 spiro atoms. The van der Waals surface area contributed by atoms with E-state index in [2.05, 4.69) is 0 Å². The Kier molecular flexibility index (Phi) is 6.11. The van der Waals surface area contributed by atoms with Crippen LogP contribution in [0.15, 0.2) is 24.3 Å². The molecule has 0 bridgehead atoms. The van der Waals surface area contributed by atoms with Crippen molar-refractivity contribution < 1.29 is 28.2 Å². The van der Waals surface area contributed by atoms with Crippen LogP contribution >= 0.6 is 0 Å². The number of likely N-dealkylation sites (tertiary alicyclic amines) is 1. The Morgan fingerprint density at radius 2 is 1.88 bits per heavy atom. The van der Waals surface area contributed by atoms with Gasteiger partial charge in [-0.3, -0.25) is 9.59 Å². The SMILES string of the molecule is NC(=O)[C@H]1CCCCN1C(=O)COC(=O)COc1ccc(F)cc1. The van der Waals surface area contributed by atoms with E-state index in [-0.39, 0.29) is 0 Å². The molecular formula is C16H19FN2O5. The highest BCUT2D eigenvalue weighted by molar-refractivity contribution is 5.88. The van der Waals surface area contributed by atoms with Crippen LogP contribution in [0, 0.1) is 5.82 Å². The van der Waals surface area contributed by atoms with Crippen LogP contribution in [-0.2, 0) is 19.1 Å². The lowest BCUT2D eigenvalue weighted by molar-refractivity contribution is -0.156. The van der Waals surface area contributed by atoms with Crippen LogP contribution in [0.4, 0.5) is 4.39 Å². The number of halogens is 1. The average Bonchev–Trinajstić information content (AvgIpc) is 2.59. The molecule has 0 aliphatic carbocycles. The van der Waals surface area contributed by atoms with Gasteiger partial charge in [-0.1, -0.05) is 0 Å². The van der Waals surface area contributed by atoms with E-state index in [0.717, 1.165) is 12.8 Å². The minimum Gasteiger partial charge on any atom is -0.482 e. The molecule has 0 radical (unpaired) electrons. The number of hydrogen-bond donors (Lipinski definition) is 1. The maximum atomic E-state index is 12.7. The molecule has 8 heteroatoms. The molecule has 1 atom stereocenters. The predicted molar refractivity (Wildman–Crippen MR) is 81.4 cm³/mol. The third-order valence-electron chi connectivity index (χ3n) is 3.68. The highest BCUT2D eigenvalue weighted by atomic mass is 19.1. The largest absolute Gasteiger partial charge is 0.482 e. The van der Waals surface area contributed by atoms with E-state index < -0.39 is 42.9 Å². The van der Waals surface area contributed by atoms with E-state index in [4.69, 9.17) is 15.2 Å². The first-order valence-corrected chi connectivity index (χ1v) is 7.60. The second-order valence-corrected chi connectivity index (χ2v) is 5.40. The number of carbonyl (C=O) groups is 3. The summed E-state index contributed by atoms with van der Waals surface area (Å²) in [5.41, 5.74) is 5.29. The Bertz CT molecular complexity index is 605. The highest BCUT2D eigenvalue weighted by Crippen LogP contribution is 2.17. The summed E-state index contributed by atoms with van der Waals surface area (Å²) in [4.78, 5) is 36.4. The maximum Gasteiger partial charge on any atom is 0.344 e. The fourth-order valence-corrected chi connectivity index (χ4v) is 2.47. The summed E-state index contributed by atoms with van der Waals surface area (Å²) in [5.74, 6) is -1.87. The molecule has 0 saturated carbocycles. The minimum atomic E-state index is -0.736. The summed E-state index contributed by atoms with van der Waals surface area (Å²) >= 11 is 0. The Morgan fingerprint density at radius 3 is 2.54 bits per heavy atom. The molecule has 7 nitrogen and oxygen atoms in total. The van der Waals surface area contributed by atoms with Gasteiger partial charge in [-0.25, -0.2) is 9.18 Å². The van der Waals surface area contributed by atoms with Crippen molar-refractivity contribution in [1.82, 2.24) is 4.90 Å². The second-order valence-electron chi connectivity index (χ2n) is 5.40. The highest BCUT2D eigenvalue weighted by Gasteiger charge is 2.30. The number of esters is 1. The number of amides is 2. The van der Waals surface area contributed by atoms with Gasteiger partial charge in [-0.15, -0.1) is 0 Å². The molecule has 130 valence electrons. The number of benzene rings is 1. The van der Waals surface area contributed by atoms with Crippen LogP contribution in [0.5, 0.6) is 5.75 Å². The number of nitrogens with zero attached hydrogens (tertiary/aromatic N) is 1. The van der Waals surface area contributed by atoms with E-state index in [9.17, 15) is 18.8 Å². The second kappa shape index (κ2) is 8.28. The van der Waals surface area contributed by atoms with Crippen LogP contribution in [-0.4, -0.2) is 48.5 Å². The molecule has 1 aromatic rings. The molecule has 0 unspecified atom stereocenters. The maximum absolute atomic E-state index is 12.7. The van der Waals surface area contributed by atoms with Crippen LogP contribution in [0.2, 0.25) is 0 Å². The number of primary amides is 1. The Morgan fingerprint density at radius 1 is 1.17 bits per heavy atom. The monoisotopic (exact) mass is 338 g/mol. The number of hydrogen-bond acceptors (Lipinski definition) is 5. The van der Waals surface area contributed by atoms with Gasteiger partial charge in [-0.2, -0.15) is 0 Å². The third kappa shape index (κ3) is 4.94. The first-order valence-electron chi connectivity index (χ1n) is 7.60. The van der Waals surface area contributed by atoms with Crippen LogP contribution in [0.25, 0.3) is 0 Å². The van der Waals surface area contributed by atoms with Crippen molar-refractivity contribution in [3.8, 4) is 5.75 Å². The van der Waals surface area contributed by atoms with E-state index >= 15 is 0 Å². The molecule has 2 rings (SSSR count). The van der Waals surface area contributed by atoms with Crippen LogP contribution < -0.4 is 10.5 Å². The van der Waals surface area contributed by atoms with Crippen molar-refractivity contribution in [2.24, 2.45) is 5.73 Å².